The Bertz CT molecular complexity index is 1340. The van der Waals surface area contributed by atoms with Crippen LogP contribution < -0.4 is 23.7 Å². The molecule has 2 aliphatic rings. The minimum absolute atomic E-state index is 0.0228. The van der Waals surface area contributed by atoms with E-state index in [0.29, 0.717) is 66.1 Å². The zero-order valence-corrected chi connectivity index (χ0v) is 22.0. The maximum absolute atomic E-state index is 14.3. The summed E-state index contributed by atoms with van der Waals surface area (Å²) in [5, 5.41) is 0. The number of hydrogen-bond donors (Lipinski definition) is 0. The molecule has 8 nitrogen and oxygen atoms in total. The molecule has 0 aromatic heterocycles. The number of ether oxygens (including phenoxy) is 5. The van der Waals surface area contributed by atoms with Crippen LogP contribution in [0.25, 0.3) is 0 Å². The Morgan fingerprint density at radius 2 is 1.62 bits per heavy atom. The highest BCUT2D eigenvalue weighted by atomic mass is 19.1. The van der Waals surface area contributed by atoms with Gasteiger partial charge in [0.25, 0.3) is 5.91 Å². The van der Waals surface area contributed by atoms with Crippen LogP contribution in [0.3, 0.4) is 0 Å². The summed E-state index contributed by atoms with van der Waals surface area (Å²) in [6.07, 6.45) is 5.20. The van der Waals surface area contributed by atoms with E-state index in [1.165, 1.54) is 12.1 Å². The van der Waals surface area contributed by atoms with Crippen molar-refractivity contribution in [2.75, 3.05) is 34.0 Å². The standard InChI is InChI=1S/C30H31FN2O6/c1-35-21-7-9-22(10-8-21)39-27-16-23(11-12-25(27)31)37-14-3-4-15-38-29-18-26-24(17-28(29)36-2)30(34)33-13-5-6-20(33)19-32-26/h7-12,16-20H,3-6,13-15H2,1-2H3/t20-/m0/s1. The van der Waals surface area contributed by atoms with Gasteiger partial charge in [-0.2, -0.15) is 0 Å². The summed E-state index contributed by atoms with van der Waals surface area (Å²) < 4.78 is 42.3. The second-order valence-electron chi connectivity index (χ2n) is 9.28. The average molecular weight is 535 g/mol. The highest BCUT2D eigenvalue weighted by molar-refractivity contribution is 6.03. The van der Waals surface area contributed by atoms with Crippen LogP contribution in [-0.4, -0.2) is 57.0 Å². The van der Waals surface area contributed by atoms with Crippen LogP contribution in [0.15, 0.2) is 59.6 Å². The summed E-state index contributed by atoms with van der Waals surface area (Å²) >= 11 is 0. The number of nitrogens with zero attached hydrogens (tertiary/aromatic N) is 2. The predicted molar refractivity (Wildman–Crippen MR) is 145 cm³/mol. The Labute approximate surface area is 226 Å². The number of carbonyl (C=O) groups excluding carboxylic acids is 1. The van der Waals surface area contributed by atoms with Crippen molar-refractivity contribution in [2.24, 2.45) is 4.99 Å². The molecule has 5 rings (SSSR count). The molecule has 3 aromatic carbocycles. The van der Waals surface area contributed by atoms with Crippen molar-refractivity contribution < 1.29 is 32.9 Å². The third kappa shape index (κ3) is 6.08. The number of rotatable bonds is 11. The van der Waals surface area contributed by atoms with Gasteiger partial charge < -0.3 is 28.6 Å². The number of benzene rings is 3. The van der Waals surface area contributed by atoms with Crippen molar-refractivity contribution in [3.05, 3.63) is 66.0 Å². The molecule has 0 N–H and O–H groups in total. The molecule has 1 atom stereocenters. The van der Waals surface area contributed by atoms with Crippen LogP contribution in [-0.2, 0) is 0 Å². The third-order valence-corrected chi connectivity index (χ3v) is 6.71. The minimum atomic E-state index is -0.479. The molecule has 0 unspecified atom stereocenters. The number of carbonyl (C=O) groups is 1. The van der Waals surface area contributed by atoms with Crippen LogP contribution in [0, 0.1) is 5.82 Å². The first-order chi connectivity index (χ1) is 19.1. The fourth-order valence-electron chi connectivity index (χ4n) is 4.62. The molecule has 2 heterocycles. The molecule has 0 saturated carbocycles. The van der Waals surface area contributed by atoms with E-state index >= 15 is 0 Å². The van der Waals surface area contributed by atoms with Crippen molar-refractivity contribution in [3.63, 3.8) is 0 Å². The SMILES string of the molecule is COc1ccc(Oc2cc(OCCCCOc3cc4c(cc3OC)C(=O)N3CCC[C@H]3C=N4)ccc2F)cc1. The smallest absolute Gasteiger partial charge is 0.256 e. The van der Waals surface area contributed by atoms with Gasteiger partial charge in [-0.3, -0.25) is 9.79 Å². The number of halogens is 1. The van der Waals surface area contributed by atoms with Crippen molar-refractivity contribution in [3.8, 4) is 34.5 Å². The van der Waals surface area contributed by atoms with Gasteiger partial charge >= 0.3 is 0 Å². The quantitative estimate of drug-likeness (QED) is 0.273. The Hall–Kier alpha value is -4.27. The van der Waals surface area contributed by atoms with E-state index in [9.17, 15) is 9.18 Å². The summed E-state index contributed by atoms with van der Waals surface area (Å²) in [5.41, 5.74) is 1.13. The molecule has 1 amide bonds. The molecule has 2 aliphatic heterocycles. The Kier molecular flexibility index (Phi) is 8.15. The van der Waals surface area contributed by atoms with Crippen LogP contribution in [0.2, 0.25) is 0 Å². The number of aliphatic imine (C=N–C) groups is 1. The van der Waals surface area contributed by atoms with E-state index in [1.807, 2.05) is 11.1 Å². The topological polar surface area (TPSA) is 78.8 Å². The second kappa shape index (κ2) is 12.1. The summed E-state index contributed by atoms with van der Waals surface area (Å²) in [4.78, 5) is 19.4. The molecule has 39 heavy (non-hydrogen) atoms. The van der Waals surface area contributed by atoms with Gasteiger partial charge in [0.15, 0.2) is 23.1 Å². The average Bonchev–Trinajstić information content (AvgIpc) is 3.39. The lowest BCUT2D eigenvalue weighted by Gasteiger charge is -2.20. The molecule has 9 heteroatoms. The van der Waals surface area contributed by atoms with E-state index in [0.717, 1.165) is 19.4 Å². The van der Waals surface area contributed by atoms with Crippen molar-refractivity contribution in [1.29, 1.82) is 0 Å². The Morgan fingerprint density at radius 1 is 0.872 bits per heavy atom. The van der Waals surface area contributed by atoms with Crippen LogP contribution in [0.5, 0.6) is 34.5 Å². The molecular weight excluding hydrogens is 503 g/mol. The lowest BCUT2D eigenvalue weighted by molar-refractivity contribution is 0.0774. The number of hydrogen-bond acceptors (Lipinski definition) is 7. The number of amides is 1. The molecule has 0 spiro atoms. The van der Waals surface area contributed by atoms with Gasteiger partial charge in [0.05, 0.1) is 44.7 Å². The van der Waals surface area contributed by atoms with E-state index < -0.39 is 5.82 Å². The first-order valence-corrected chi connectivity index (χ1v) is 13.0. The summed E-state index contributed by atoms with van der Waals surface area (Å²) in [7, 11) is 3.13. The molecule has 0 aliphatic carbocycles. The van der Waals surface area contributed by atoms with Gasteiger partial charge in [-0.15, -0.1) is 0 Å². The monoisotopic (exact) mass is 534 g/mol. The molecular formula is C30H31FN2O6. The molecule has 0 bridgehead atoms. The largest absolute Gasteiger partial charge is 0.497 e. The molecule has 0 radical (unpaired) electrons. The van der Waals surface area contributed by atoms with Gasteiger partial charge in [0.2, 0.25) is 0 Å². The van der Waals surface area contributed by atoms with Crippen LogP contribution >= 0.6 is 0 Å². The van der Waals surface area contributed by atoms with Gasteiger partial charge in [0, 0.05) is 24.9 Å². The maximum atomic E-state index is 14.3. The zero-order chi connectivity index (χ0) is 27.2. The lowest BCUT2D eigenvalue weighted by atomic mass is 10.1. The van der Waals surface area contributed by atoms with Crippen LogP contribution in [0.1, 0.15) is 36.0 Å². The zero-order valence-electron chi connectivity index (χ0n) is 22.0. The molecule has 1 fully saturated rings. The van der Waals surface area contributed by atoms with Crippen LogP contribution in [0.4, 0.5) is 10.1 Å². The Balaban J connectivity index is 1.12. The van der Waals surface area contributed by atoms with E-state index in [4.69, 9.17) is 23.7 Å². The van der Waals surface area contributed by atoms with Gasteiger partial charge in [-0.25, -0.2) is 4.39 Å². The van der Waals surface area contributed by atoms with E-state index in [2.05, 4.69) is 4.99 Å². The van der Waals surface area contributed by atoms with Gasteiger partial charge in [-0.1, -0.05) is 0 Å². The molecule has 1 saturated heterocycles. The fraction of sp³-hybridized carbons (Fsp3) is 0.333. The van der Waals surface area contributed by atoms with E-state index in [-0.39, 0.29) is 17.7 Å². The summed E-state index contributed by atoms with van der Waals surface area (Å²) in [6, 6.07) is 14.8. The fourth-order valence-corrected chi connectivity index (χ4v) is 4.62. The van der Waals surface area contributed by atoms with E-state index in [1.54, 1.807) is 56.7 Å². The summed E-state index contributed by atoms with van der Waals surface area (Å²) in [6.45, 7) is 1.60. The first kappa shape index (κ1) is 26.3. The third-order valence-electron chi connectivity index (χ3n) is 6.71. The predicted octanol–water partition coefficient (Wildman–Crippen LogP) is 6.19. The highest BCUT2D eigenvalue weighted by Crippen LogP contribution is 2.38. The normalized spacial score (nSPS) is 15.8. The Morgan fingerprint density at radius 3 is 2.38 bits per heavy atom. The second-order valence-corrected chi connectivity index (χ2v) is 9.28. The first-order valence-electron chi connectivity index (χ1n) is 13.0. The summed E-state index contributed by atoms with van der Waals surface area (Å²) in [5.74, 6) is 2.32. The minimum Gasteiger partial charge on any atom is -0.497 e. The number of unbranched alkanes of at least 4 members (excludes halogenated alkanes) is 1. The molecule has 204 valence electrons. The van der Waals surface area contributed by atoms with Crippen molar-refractivity contribution >= 4 is 17.8 Å². The molecule has 3 aromatic rings. The number of methoxy groups -OCH3 is 2. The van der Waals surface area contributed by atoms with Gasteiger partial charge in [0.1, 0.15) is 17.2 Å². The number of fused-ring (bicyclic) bond motifs is 2. The maximum Gasteiger partial charge on any atom is 0.256 e. The lowest BCUT2D eigenvalue weighted by Crippen LogP contribution is -2.35. The highest BCUT2D eigenvalue weighted by Gasteiger charge is 2.32. The van der Waals surface area contributed by atoms with Gasteiger partial charge in [-0.05, 0) is 68.1 Å². The van der Waals surface area contributed by atoms with Crippen molar-refractivity contribution in [2.45, 2.75) is 31.7 Å². The van der Waals surface area contributed by atoms with Crippen molar-refractivity contribution in [1.82, 2.24) is 4.90 Å².